The lowest BCUT2D eigenvalue weighted by Gasteiger charge is -2.00. The molecule has 0 amide bonds. The zero-order valence-electron chi connectivity index (χ0n) is 14.8. The molecule has 0 radical (unpaired) electrons. The van der Waals surface area contributed by atoms with Crippen LogP contribution in [0.4, 0.5) is 5.82 Å². The van der Waals surface area contributed by atoms with Gasteiger partial charge in [0.1, 0.15) is 6.33 Å². The van der Waals surface area contributed by atoms with Gasteiger partial charge in [-0.3, -0.25) is 4.98 Å². The van der Waals surface area contributed by atoms with Crippen molar-refractivity contribution < 1.29 is 8.42 Å². The largest absolute Gasteiger partial charge is 0.264 e. The number of hydrogen-bond acceptors (Lipinski definition) is 8. The summed E-state index contributed by atoms with van der Waals surface area (Å²) < 4.78 is 24.1. The van der Waals surface area contributed by atoms with Crippen molar-refractivity contribution in [3.05, 3.63) is 66.7 Å². The Labute approximate surface area is 165 Å². The van der Waals surface area contributed by atoms with Crippen LogP contribution in [0.1, 0.15) is 5.56 Å². The van der Waals surface area contributed by atoms with E-state index in [1.54, 1.807) is 36.7 Å². The lowest BCUT2D eigenvalue weighted by Crippen LogP contribution is -1.95. The van der Waals surface area contributed by atoms with E-state index in [0.29, 0.717) is 17.3 Å². The van der Waals surface area contributed by atoms with E-state index in [1.165, 1.54) is 23.9 Å². The first-order valence-electron chi connectivity index (χ1n) is 8.32. The Morgan fingerprint density at radius 3 is 2.64 bits per heavy atom. The van der Waals surface area contributed by atoms with Crippen molar-refractivity contribution in [2.45, 2.75) is 11.4 Å². The predicted octanol–water partition coefficient (Wildman–Crippen LogP) is 4.44. The van der Waals surface area contributed by atoms with Crippen LogP contribution in [0.3, 0.4) is 0 Å². The number of sulfone groups is 1. The average molecular weight is 409 g/mol. The number of rotatable bonds is 5. The van der Waals surface area contributed by atoms with E-state index < -0.39 is 9.84 Å². The van der Waals surface area contributed by atoms with Gasteiger partial charge in [-0.25, -0.2) is 18.4 Å². The fourth-order valence-corrected chi connectivity index (χ4v) is 4.27. The molecule has 4 aromatic rings. The van der Waals surface area contributed by atoms with Crippen LogP contribution in [-0.2, 0) is 16.4 Å². The predicted molar refractivity (Wildman–Crippen MR) is 108 cm³/mol. The van der Waals surface area contributed by atoms with Gasteiger partial charge in [0.15, 0.2) is 15.7 Å². The first-order chi connectivity index (χ1) is 13.5. The normalized spacial score (nSPS) is 12.0. The molecule has 0 aliphatic rings. The van der Waals surface area contributed by atoms with Gasteiger partial charge in [-0.2, -0.15) is 5.11 Å². The van der Waals surface area contributed by atoms with Crippen molar-refractivity contribution >= 4 is 37.2 Å². The Balaban J connectivity index is 1.63. The second-order valence-corrected chi connectivity index (χ2v) is 9.15. The second-order valence-electron chi connectivity index (χ2n) is 6.08. The average Bonchev–Trinajstić information content (AvgIpc) is 3.13. The molecule has 0 saturated carbocycles. The summed E-state index contributed by atoms with van der Waals surface area (Å²) in [5.41, 5.74) is 2.65. The standard InChI is InChI=1S/C19H15N5O2S2/c1-28(25,26)15-6-4-14(5-7-15)17-9-16-18(27-17)19(22-12-21-16)24-23-11-13-3-2-8-20-10-13/h2-10,12H,11H2,1H3. The molecule has 0 fully saturated rings. The maximum atomic E-state index is 11.6. The SMILES string of the molecule is CS(=O)(=O)c1ccc(-c2cc3ncnc(N=NCc4cccnc4)c3s2)cc1. The van der Waals surface area contributed by atoms with E-state index >= 15 is 0 Å². The van der Waals surface area contributed by atoms with Crippen molar-refractivity contribution in [1.82, 2.24) is 15.0 Å². The molecule has 0 N–H and O–H groups in total. The van der Waals surface area contributed by atoms with Gasteiger partial charge in [-0.15, -0.1) is 16.5 Å². The molecule has 3 aromatic heterocycles. The van der Waals surface area contributed by atoms with Crippen LogP contribution >= 0.6 is 11.3 Å². The quantitative estimate of drug-likeness (QED) is 0.454. The first kappa shape index (κ1) is 18.3. The highest BCUT2D eigenvalue weighted by Crippen LogP contribution is 2.37. The molecule has 0 aliphatic heterocycles. The van der Waals surface area contributed by atoms with Crippen LogP contribution < -0.4 is 0 Å². The van der Waals surface area contributed by atoms with Crippen molar-refractivity contribution in [3.8, 4) is 10.4 Å². The molecular weight excluding hydrogens is 394 g/mol. The van der Waals surface area contributed by atoms with Gasteiger partial charge in [-0.05, 0) is 35.4 Å². The van der Waals surface area contributed by atoms with Gasteiger partial charge in [0.05, 0.1) is 21.7 Å². The smallest absolute Gasteiger partial charge is 0.195 e. The summed E-state index contributed by atoms with van der Waals surface area (Å²) in [6.45, 7) is 0.421. The number of pyridine rings is 1. The van der Waals surface area contributed by atoms with Crippen molar-refractivity contribution in [3.63, 3.8) is 0 Å². The van der Waals surface area contributed by atoms with Crippen LogP contribution in [-0.4, -0.2) is 29.6 Å². The number of benzene rings is 1. The lowest BCUT2D eigenvalue weighted by atomic mass is 10.2. The molecule has 0 atom stereocenters. The number of nitrogens with zero attached hydrogens (tertiary/aromatic N) is 5. The van der Waals surface area contributed by atoms with Gasteiger partial charge >= 0.3 is 0 Å². The maximum absolute atomic E-state index is 11.6. The highest BCUT2D eigenvalue weighted by atomic mass is 32.2. The van der Waals surface area contributed by atoms with E-state index in [0.717, 1.165) is 26.2 Å². The van der Waals surface area contributed by atoms with Gasteiger partial charge in [0.2, 0.25) is 0 Å². The summed E-state index contributed by atoms with van der Waals surface area (Å²) in [5, 5.41) is 8.48. The minimum absolute atomic E-state index is 0.294. The number of hydrogen-bond donors (Lipinski definition) is 0. The Bertz CT molecular complexity index is 1250. The van der Waals surface area contributed by atoms with Gasteiger partial charge in [0.25, 0.3) is 0 Å². The molecule has 0 saturated heterocycles. The maximum Gasteiger partial charge on any atom is 0.195 e. The van der Waals surface area contributed by atoms with E-state index in [2.05, 4.69) is 25.2 Å². The van der Waals surface area contributed by atoms with Crippen LogP contribution in [0.15, 0.2) is 76.3 Å². The van der Waals surface area contributed by atoms with E-state index in [4.69, 9.17) is 0 Å². The number of azo groups is 1. The molecule has 7 nitrogen and oxygen atoms in total. The van der Waals surface area contributed by atoms with Crippen molar-refractivity contribution in [1.29, 1.82) is 0 Å². The minimum Gasteiger partial charge on any atom is -0.264 e. The van der Waals surface area contributed by atoms with Gasteiger partial charge in [0, 0.05) is 23.5 Å². The van der Waals surface area contributed by atoms with Crippen LogP contribution in [0.5, 0.6) is 0 Å². The fraction of sp³-hybridized carbons (Fsp3) is 0.105. The Morgan fingerprint density at radius 1 is 1.11 bits per heavy atom. The summed E-state index contributed by atoms with van der Waals surface area (Å²) >= 11 is 1.50. The molecule has 1 aromatic carbocycles. The van der Waals surface area contributed by atoms with Gasteiger partial charge in [-0.1, -0.05) is 18.2 Å². The topological polar surface area (TPSA) is 97.5 Å². The summed E-state index contributed by atoms with van der Waals surface area (Å²) in [6.07, 6.45) is 6.12. The third-order valence-electron chi connectivity index (χ3n) is 4.00. The first-order valence-corrected chi connectivity index (χ1v) is 11.0. The Kier molecular flexibility index (Phi) is 4.93. The summed E-state index contributed by atoms with van der Waals surface area (Å²) in [6, 6.07) is 12.5. The van der Waals surface area contributed by atoms with E-state index in [1.807, 2.05) is 18.2 Å². The third kappa shape index (κ3) is 3.95. The van der Waals surface area contributed by atoms with Crippen molar-refractivity contribution in [2.75, 3.05) is 6.26 Å². The highest BCUT2D eigenvalue weighted by Gasteiger charge is 2.12. The van der Waals surface area contributed by atoms with Crippen LogP contribution in [0, 0.1) is 0 Å². The number of fused-ring (bicyclic) bond motifs is 1. The zero-order valence-corrected chi connectivity index (χ0v) is 16.5. The molecule has 4 rings (SSSR count). The third-order valence-corrected chi connectivity index (χ3v) is 6.30. The molecule has 0 bridgehead atoms. The van der Waals surface area contributed by atoms with E-state index in [9.17, 15) is 8.42 Å². The van der Waals surface area contributed by atoms with Crippen molar-refractivity contribution in [2.24, 2.45) is 10.2 Å². The van der Waals surface area contributed by atoms with Crippen LogP contribution in [0.25, 0.3) is 20.7 Å². The molecular formula is C19H15N5O2S2. The monoisotopic (exact) mass is 409 g/mol. The summed E-state index contributed by atoms with van der Waals surface area (Å²) in [5.74, 6) is 0.512. The number of thiophene rings is 1. The molecule has 28 heavy (non-hydrogen) atoms. The summed E-state index contributed by atoms with van der Waals surface area (Å²) in [7, 11) is -3.22. The molecule has 9 heteroatoms. The number of aromatic nitrogens is 3. The van der Waals surface area contributed by atoms with E-state index in [-0.39, 0.29) is 0 Å². The molecule has 0 spiro atoms. The highest BCUT2D eigenvalue weighted by molar-refractivity contribution is 7.90. The minimum atomic E-state index is -3.22. The van der Waals surface area contributed by atoms with Gasteiger partial charge < -0.3 is 0 Å². The van der Waals surface area contributed by atoms with Crippen LogP contribution in [0.2, 0.25) is 0 Å². The molecule has 0 unspecified atom stereocenters. The lowest BCUT2D eigenvalue weighted by molar-refractivity contribution is 0.602. The Morgan fingerprint density at radius 2 is 1.93 bits per heavy atom. The molecule has 0 aliphatic carbocycles. The fourth-order valence-electron chi connectivity index (χ4n) is 2.60. The molecule has 140 valence electrons. The molecule has 3 heterocycles. The summed E-state index contributed by atoms with van der Waals surface area (Å²) in [4.78, 5) is 13.8. The Hall–Kier alpha value is -3.04. The zero-order chi connectivity index (χ0) is 19.6. The second kappa shape index (κ2) is 7.53.